The van der Waals surface area contributed by atoms with Crippen LogP contribution in [-0.2, 0) is 47.6 Å². The minimum atomic E-state index is -2.45. The number of ether oxygens (including phenoxy) is 6. The summed E-state index contributed by atoms with van der Waals surface area (Å²) in [7, 11) is 3.03. The lowest BCUT2D eigenvalue weighted by Gasteiger charge is -2.67. The number of ketones is 1. The average Bonchev–Trinajstić information content (AvgIpc) is 3.95. The summed E-state index contributed by atoms with van der Waals surface area (Å²) in [5, 5.41) is 39.9. The molecule has 3 fully saturated rings. The fraction of sp³-hybridized carbons (Fsp3) is 0.636. The molecule has 20 heteroatoms. The summed E-state index contributed by atoms with van der Waals surface area (Å²) in [6, 6.07) is 4.07. The van der Waals surface area contributed by atoms with Crippen molar-refractivity contribution in [3.05, 3.63) is 59.5 Å². The Morgan fingerprint density at radius 2 is 1.72 bits per heavy atom. The molecule has 352 valence electrons. The summed E-state index contributed by atoms with van der Waals surface area (Å²) >= 11 is 0. The minimum Gasteiger partial charge on any atom is -0.467 e. The smallest absolute Gasteiger partial charge is 0.408 e. The van der Waals surface area contributed by atoms with E-state index in [0.29, 0.717) is 12.2 Å². The number of hydrogen-bond donors (Lipinski definition) is 4. The van der Waals surface area contributed by atoms with Crippen LogP contribution in [0.2, 0.25) is 0 Å². The highest BCUT2D eigenvalue weighted by Gasteiger charge is 2.78. The Hall–Kier alpha value is -4.34. The van der Waals surface area contributed by atoms with Crippen molar-refractivity contribution >= 4 is 57.3 Å². The molecular formula is C44H57NO17S2. The van der Waals surface area contributed by atoms with Gasteiger partial charge in [-0.25, -0.2) is 14.4 Å². The van der Waals surface area contributed by atoms with E-state index >= 15 is 4.79 Å². The van der Waals surface area contributed by atoms with Gasteiger partial charge < -0.3 is 57.9 Å². The summed E-state index contributed by atoms with van der Waals surface area (Å²) in [6.45, 7) is 11.6. The summed E-state index contributed by atoms with van der Waals surface area (Å²) in [5.74, 6) is -6.24. The Labute approximate surface area is 378 Å². The van der Waals surface area contributed by atoms with Gasteiger partial charge in [-0.05, 0) is 82.7 Å². The molecular weight excluding hydrogens is 879 g/mol. The third-order valence-corrected chi connectivity index (χ3v) is 14.8. The number of esters is 4. The fourth-order valence-corrected chi connectivity index (χ4v) is 11.0. The maximum atomic E-state index is 15.7. The minimum absolute atomic E-state index is 0.0284. The lowest BCUT2D eigenvalue weighted by molar-refractivity contribution is -0.346. The number of aliphatic hydroxyl groups is 3. The first-order valence-corrected chi connectivity index (χ1v) is 23.6. The van der Waals surface area contributed by atoms with Crippen molar-refractivity contribution in [3.8, 4) is 0 Å². The summed E-state index contributed by atoms with van der Waals surface area (Å²) in [6.07, 6.45) is -7.30. The first kappa shape index (κ1) is 49.1. The zero-order valence-electron chi connectivity index (χ0n) is 37.2. The molecule has 3 heterocycles. The average molecular weight is 936 g/mol. The number of carbonyl (C=O) groups excluding carboxylic acids is 6. The van der Waals surface area contributed by atoms with Gasteiger partial charge in [-0.15, -0.1) is 0 Å². The molecule has 2 saturated carbocycles. The predicted octanol–water partition coefficient (Wildman–Crippen LogP) is 4.79. The quantitative estimate of drug-likeness (QED) is 0.0653. The van der Waals surface area contributed by atoms with Gasteiger partial charge in [0.15, 0.2) is 23.6 Å². The van der Waals surface area contributed by atoms with Crippen molar-refractivity contribution < 1.29 is 81.3 Å². The second-order valence-electron chi connectivity index (χ2n) is 18.3. The van der Waals surface area contributed by atoms with Gasteiger partial charge in [-0.2, -0.15) is 0 Å². The number of fused-ring (bicyclic) bond motifs is 5. The third-order valence-electron chi connectivity index (χ3n) is 12.9. The largest absolute Gasteiger partial charge is 0.467 e. The van der Waals surface area contributed by atoms with E-state index in [0.717, 1.165) is 6.92 Å². The number of alkyl carbamates (subject to hydrolysis) is 1. The van der Waals surface area contributed by atoms with Crippen molar-refractivity contribution in [1.29, 1.82) is 0 Å². The van der Waals surface area contributed by atoms with Gasteiger partial charge >= 0.3 is 30.0 Å². The Morgan fingerprint density at radius 1 is 1.03 bits per heavy atom. The number of nitrogens with one attached hydrogen (secondary N) is 1. The van der Waals surface area contributed by atoms with Crippen LogP contribution in [0, 0.1) is 16.7 Å². The molecule has 6 rings (SSSR count). The molecule has 4 aliphatic rings. The van der Waals surface area contributed by atoms with E-state index in [9.17, 15) is 39.3 Å². The van der Waals surface area contributed by atoms with Gasteiger partial charge in [0, 0.05) is 37.4 Å². The van der Waals surface area contributed by atoms with Crippen LogP contribution in [0.5, 0.6) is 0 Å². The van der Waals surface area contributed by atoms with E-state index in [-0.39, 0.29) is 42.1 Å². The van der Waals surface area contributed by atoms with Crippen LogP contribution in [0.4, 0.5) is 4.79 Å². The Kier molecular flexibility index (Phi) is 14.2. The van der Waals surface area contributed by atoms with Gasteiger partial charge in [0.25, 0.3) is 0 Å². The molecule has 1 aliphatic heterocycles. The van der Waals surface area contributed by atoms with Crippen molar-refractivity contribution in [2.45, 2.75) is 141 Å². The maximum absolute atomic E-state index is 15.7. The zero-order valence-corrected chi connectivity index (χ0v) is 38.8. The Morgan fingerprint density at radius 3 is 2.30 bits per heavy atom. The molecule has 0 unspecified atom stereocenters. The number of furan rings is 2. The number of amides is 1. The van der Waals surface area contributed by atoms with Crippen molar-refractivity contribution in [2.24, 2.45) is 16.7 Å². The van der Waals surface area contributed by atoms with Gasteiger partial charge in [0.05, 0.1) is 36.6 Å². The van der Waals surface area contributed by atoms with E-state index in [1.807, 2.05) is 6.26 Å². The van der Waals surface area contributed by atoms with Crippen LogP contribution in [0.15, 0.2) is 56.8 Å². The molecule has 1 saturated heterocycles. The number of hydrogen-bond acceptors (Lipinski definition) is 19. The lowest BCUT2D eigenvalue weighted by atomic mass is 9.44. The SMILES string of the molecule is CSSCCCC(=O)O[C@H]1C(=O)[C@@]2(C)[C@H]([C@H](OC(=O)c3ccco3)[C@]3(O)C[C@H](OC(=O)[C@H](O)[C@@H](NC(=O)OC(C)(C)C)c4ccco4)C(C)=C1C3(C)C)[C@]1(OC(C)=O)CO[C@@H]1C[C@@H]2O. The van der Waals surface area contributed by atoms with Crippen LogP contribution in [0.25, 0.3) is 0 Å². The van der Waals surface area contributed by atoms with E-state index in [1.54, 1.807) is 34.6 Å². The van der Waals surface area contributed by atoms with Crippen LogP contribution in [0.3, 0.4) is 0 Å². The third kappa shape index (κ3) is 8.97. The monoisotopic (exact) mass is 935 g/mol. The van der Waals surface area contributed by atoms with Gasteiger partial charge in [-0.3, -0.25) is 14.4 Å². The standard InChI is InChI=1S/C44H57NO17S2/c1-22-26(58-38(52)32(49)31(24-13-10-16-55-24)45-39(53)62-40(3,4)5)20-44(54)36(60-37(51)25-14-11-17-56-25)34-42(8,27(47)19-28-43(34,21-57-28)61-23(2)46)35(50)33(30(22)41(44,6)7)59-29(48)15-12-18-64-63-9/h10-11,13-14,16-17,26-28,31-34,36,47,49,54H,12,15,18-21H2,1-9H3,(H,45,53)/t26-,27-,28+,31-,32+,33+,34-,36-,42+,43-,44+/m0/s1. The predicted molar refractivity (Wildman–Crippen MR) is 227 cm³/mol. The Bertz CT molecular complexity index is 2110. The maximum Gasteiger partial charge on any atom is 0.408 e. The van der Waals surface area contributed by atoms with E-state index in [2.05, 4.69) is 5.32 Å². The van der Waals surface area contributed by atoms with Crippen molar-refractivity contribution in [2.75, 3.05) is 18.6 Å². The number of Topliss-reactive ketones (excluding diaryl/α,β-unsaturated/α-hetero) is 1. The normalized spacial score (nSPS) is 31.7. The molecule has 0 spiro atoms. The topological polar surface area (TPSA) is 257 Å². The van der Waals surface area contributed by atoms with Crippen LogP contribution < -0.4 is 5.32 Å². The van der Waals surface area contributed by atoms with Gasteiger partial charge in [0.2, 0.25) is 5.76 Å². The molecule has 1 amide bonds. The molecule has 18 nitrogen and oxygen atoms in total. The molecule has 0 aromatic carbocycles. The highest BCUT2D eigenvalue weighted by Crippen LogP contribution is 2.64. The van der Waals surface area contributed by atoms with Crippen molar-refractivity contribution in [1.82, 2.24) is 5.32 Å². The van der Waals surface area contributed by atoms with Crippen LogP contribution in [0.1, 0.15) is 103 Å². The molecule has 3 aliphatic carbocycles. The first-order valence-electron chi connectivity index (χ1n) is 20.9. The van der Waals surface area contributed by atoms with E-state index in [1.165, 1.54) is 72.2 Å². The molecule has 4 N–H and O–H groups in total. The lowest BCUT2D eigenvalue weighted by Crippen LogP contribution is -2.82. The molecule has 0 radical (unpaired) electrons. The summed E-state index contributed by atoms with van der Waals surface area (Å²) in [5.41, 5.74) is -8.93. The zero-order chi connectivity index (χ0) is 47.2. The second kappa shape index (κ2) is 18.5. The van der Waals surface area contributed by atoms with Crippen LogP contribution in [-0.4, -0.2) is 123 Å². The fourth-order valence-electron chi connectivity index (χ4n) is 9.77. The second-order valence-corrected chi connectivity index (χ2v) is 21.0. The summed E-state index contributed by atoms with van der Waals surface area (Å²) < 4.78 is 46.6. The number of carbonyl (C=O) groups is 6. The molecule has 2 aromatic heterocycles. The van der Waals surface area contributed by atoms with Crippen LogP contribution >= 0.6 is 21.6 Å². The number of rotatable bonds is 14. The highest BCUT2D eigenvalue weighted by atomic mass is 33.1. The molecule has 2 bridgehead atoms. The number of aliphatic hydroxyl groups excluding tert-OH is 2. The Balaban J connectivity index is 1.53. The van der Waals surface area contributed by atoms with E-state index in [4.69, 9.17) is 37.3 Å². The van der Waals surface area contributed by atoms with Gasteiger partial charge in [0.1, 0.15) is 41.3 Å². The van der Waals surface area contributed by atoms with Gasteiger partial charge in [-0.1, -0.05) is 35.4 Å². The van der Waals surface area contributed by atoms with Crippen molar-refractivity contribution in [3.63, 3.8) is 0 Å². The first-order chi connectivity index (χ1) is 29.9. The molecule has 11 atom stereocenters. The van der Waals surface area contributed by atoms with E-state index < -0.39 is 118 Å². The summed E-state index contributed by atoms with van der Waals surface area (Å²) in [4.78, 5) is 83.9. The molecule has 2 aromatic rings. The molecule has 64 heavy (non-hydrogen) atoms. The highest BCUT2D eigenvalue weighted by molar-refractivity contribution is 8.76.